The largest absolute Gasteiger partial charge is 0.456 e. The highest BCUT2D eigenvalue weighted by molar-refractivity contribution is 6.11. The van der Waals surface area contributed by atoms with Crippen LogP contribution in [0.4, 0.5) is 17.1 Å². The number of para-hydroxylation sites is 4. The summed E-state index contributed by atoms with van der Waals surface area (Å²) in [7, 11) is 0. The van der Waals surface area contributed by atoms with E-state index in [0.717, 1.165) is 72.1 Å². The molecule has 2 heterocycles. The summed E-state index contributed by atoms with van der Waals surface area (Å²) in [4.78, 5) is 2.36. The summed E-state index contributed by atoms with van der Waals surface area (Å²) in [6.07, 6.45) is 0. The average molecular weight is 742 g/mol. The van der Waals surface area contributed by atoms with Crippen molar-refractivity contribution in [2.24, 2.45) is 0 Å². The SMILES string of the molecule is c1ccc(-c2ccc(N(c3ccc4c(c3)C(c3ccccc3)(c3cccc5c3oc3ccccc35)c3ccccc3-4)c3cccc4c3oc3ccccc34)cc2)cc1. The molecule has 3 heteroatoms. The molecule has 0 aliphatic heterocycles. The van der Waals surface area contributed by atoms with E-state index in [-0.39, 0.29) is 0 Å². The quantitative estimate of drug-likeness (QED) is 0.170. The van der Waals surface area contributed by atoms with Crippen LogP contribution in [0.15, 0.2) is 221 Å². The van der Waals surface area contributed by atoms with Gasteiger partial charge in [0.25, 0.3) is 0 Å². The van der Waals surface area contributed by atoms with E-state index in [1.807, 2.05) is 12.1 Å². The fourth-order valence-corrected chi connectivity index (χ4v) is 9.66. The van der Waals surface area contributed by atoms with Crippen LogP contribution < -0.4 is 4.90 Å². The summed E-state index contributed by atoms with van der Waals surface area (Å²) in [6, 6.07) is 76.1. The monoisotopic (exact) mass is 741 g/mol. The van der Waals surface area contributed by atoms with Crippen LogP contribution in [0.3, 0.4) is 0 Å². The molecule has 1 unspecified atom stereocenters. The first kappa shape index (κ1) is 32.6. The van der Waals surface area contributed by atoms with E-state index in [4.69, 9.17) is 8.83 Å². The molecule has 0 bridgehead atoms. The number of fused-ring (bicyclic) bond motifs is 9. The van der Waals surface area contributed by atoms with Gasteiger partial charge in [-0.3, -0.25) is 0 Å². The summed E-state index contributed by atoms with van der Waals surface area (Å²) in [5.41, 5.74) is 15.4. The summed E-state index contributed by atoms with van der Waals surface area (Å²) in [5.74, 6) is 0. The second-order valence-electron chi connectivity index (χ2n) is 15.2. The highest BCUT2D eigenvalue weighted by Gasteiger charge is 2.48. The van der Waals surface area contributed by atoms with E-state index in [1.165, 1.54) is 33.4 Å². The Labute approximate surface area is 335 Å². The van der Waals surface area contributed by atoms with Crippen molar-refractivity contribution in [3.63, 3.8) is 0 Å². The van der Waals surface area contributed by atoms with Crippen molar-refractivity contribution < 1.29 is 8.83 Å². The first-order chi connectivity index (χ1) is 28.8. The molecular weight excluding hydrogens is 707 g/mol. The highest BCUT2D eigenvalue weighted by atomic mass is 16.3. The maximum Gasteiger partial charge on any atom is 0.159 e. The van der Waals surface area contributed by atoms with E-state index in [0.29, 0.717) is 0 Å². The number of hydrogen-bond donors (Lipinski definition) is 0. The Kier molecular flexibility index (Phi) is 7.14. The molecule has 58 heavy (non-hydrogen) atoms. The number of hydrogen-bond acceptors (Lipinski definition) is 3. The number of anilines is 3. The standard InChI is InChI=1S/C55H35NO2/c1-3-15-36(16-4-1)37-29-31-39(32-30-37)56(50-26-14-23-46-44-21-9-12-28-52(44)58-54(46)50)40-33-34-42-41-19-7-10-24-47(41)55(49(42)35-40,38-17-5-2-6-18-38)48-25-13-22-45-43-20-8-11-27-51(43)57-53(45)48/h1-35H. The van der Waals surface area contributed by atoms with E-state index in [2.05, 4.69) is 205 Å². The third-order valence-electron chi connectivity index (χ3n) is 12.2. The molecule has 0 amide bonds. The van der Waals surface area contributed by atoms with Gasteiger partial charge in [-0.25, -0.2) is 0 Å². The summed E-state index contributed by atoms with van der Waals surface area (Å²) in [6.45, 7) is 0. The maximum absolute atomic E-state index is 6.89. The molecule has 3 nitrogen and oxygen atoms in total. The van der Waals surface area contributed by atoms with E-state index < -0.39 is 5.41 Å². The van der Waals surface area contributed by atoms with Gasteiger partial charge in [0, 0.05) is 38.5 Å². The van der Waals surface area contributed by atoms with Gasteiger partial charge < -0.3 is 13.7 Å². The Bertz CT molecular complexity index is 3340. The van der Waals surface area contributed by atoms with Crippen molar-refractivity contribution in [1.29, 1.82) is 0 Å². The van der Waals surface area contributed by atoms with Gasteiger partial charge in [0.1, 0.15) is 16.7 Å². The molecule has 1 aliphatic carbocycles. The van der Waals surface area contributed by atoms with Crippen molar-refractivity contribution in [3.8, 4) is 22.3 Å². The Balaban J connectivity index is 1.16. The lowest BCUT2D eigenvalue weighted by molar-refractivity contribution is 0.648. The Hall–Kier alpha value is -7.62. The van der Waals surface area contributed by atoms with Crippen LogP contribution in [0.1, 0.15) is 22.3 Å². The van der Waals surface area contributed by atoms with Crippen molar-refractivity contribution >= 4 is 60.9 Å². The van der Waals surface area contributed by atoms with E-state index in [9.17, 15) is 0 Å². The van der Waals surface area contributed by atoms with Gasteiger partial charge in [-0.05, 0) is 81.4 Å². The molecule has 9 aromatic carbocycles. The zero-order chi connectivity index (χ0) is 38.2. The fraction of sp³-hybridized carbons (Fsp3) is 0.0182. The van der Waals surface area contributed by atoms with Crippen LogP contribution in [-0.4, -0.2) is 0 Å². The number of nitrogens with zero attached hydrogens (tertiary/aromatic N) is 1. The first-order valence-corrected chi connectivity index (χ1v) is 19.8. The van der Waals surface area contributed by atoms with Crippen LogP contribution in [0, 0.1) is 0 Å². The lowest BCUT2D eigenvalue weighted by Crippen LogP contribution is -2.29. The molecule has 2 aromatic heterocycles. The van der Waals surface area contributed by atoms with Crippen LogP contribution in [0.2, 0.25) is 0 Å². The topological polar surface area (TPSA) is 29.5 Å². The Morgan fingerprint density at radius 1 is 0.345 bits per heavy atom. The fourth-order valence-electron chi connectivity index (χ4n) is 9.66. The summed E-state index contributed by atoms with van der Waals surface area (Å²) >= 11 is 0. The zero-order valence-electron chi connectivity index (χ0n) is 31.5. The zero-order valence-corrected chi connectivity index (χ0v) is 31.5. The van der Waals surface area contributed by atoms with Gasteiger partial charge in [-0.15, -0.1) is 0 Å². The molecule has 1 aliphatic rings. The molecule has 12 rings (SSSR count). The molecule has 11 aromatic rings. The molecule has 272 valence electrons. The van der Waals surface area contributed by atoms with E-state index >= 15 is 0 Å². The molecule has 1 atom stereocenters. The van der Waals surface area contributed by atoms with Gasteiger partial charge in [-0.1, -0.05) is 170 Å². The lowest BCUT2D eigenvalue weighted by Gasteiger charge is -2.34. The van der Waals surface area contributed by atoms with Crippen molar-refractivity contribution in [2.75, 3.05) is 4.90 Å². The minimum atomic E-state index is -0.690. The first-order valence-electron chi connectivity index (χ1n) is 19.8. The highest BCUT2D eigenvalue weighted by Crippen LogP contribution is 2.59. The predicted octanol–water partition coefficient (Wildman–Crippen LogP) is 15.0. The molecule has 0 fully saturated rings. The maximum atomic E-state index is 6.89. The van der Waals surface area contributed by atoms with Crippen molar-refractivity contribution in [3.05, 3.63) is 235 Å². The third-order valence-corrected chi connectivity index (χ3v) is 12.2. The minimum Gasteiger partial charge on any atom is -0.456 e. The minimum absolute atomic E-state index is 0.690. The summed E-state index contributed by atoms with van der Waals surface area (Å²) in [5, 5.41) is 4.42. The normalized spacial score (nSPS) is 14.6. The Morgan fingerprint density at radius 3 is 1.64 bits per heavy atom. The third kappa shape index (κ3) is 4.68. The van der Waals surface area contributed by atoms with E-state index in [1.54, 1.807) is 0 Å². The molecule has 0 spiro atoms. The van der Waals surface area contributed by atoms with Crippen molar-refractivity contribution in [1.82, 2.24) is 0 Å². The van der Waals surface area contributed by atoms with Crippen LogP contribution >= 0.6 is 0 Å². The molecule has 0 saturated heterocycles. The summed E-state index contributed by atoms with van der Waals surface area (Å²) < 4.78 is 13.6. The average Bonchev–Trinajstić information content (AvgIpc) is 3.96. The lowest BCUT2D eigenvalue weighted by atomic mass is 9.67. The molecular formula is C55H35NO2. The van der Waals surface area contributed by atoms with Crippen molar-refractivity contribution in [2.45, 2.75) is 5.41 Å². The number of rotatable bonds is 6. The second-order valence-corrected chi connectivity index (χ2v) is 15.2. The molecule has 0 saturated carbocycles. The molecule has 0 radical (unpaired) electrons. The van der Waals surface area contributed by atoms with Crippen LogP contribution in [0.5, 0.6) is 0 Å². The van der Waals surface area contributed by atoms with Crippen LogP contribution in [0.25, 0.3) is 66.1 Å². The van der Waals surface area contributed by atoms with Gasteiger partial charge in [0.15, 0.2) is 5.58 Å². The number of benzene rings is 9. The van der Waals surface area contributed by atoms with Gasteiger partial charge in [0.05, 0.1) is 11.1 Å². The second kappa shape index (κ2) is 12.7. The molecule has 0 N–H and O–H groups in total. The number of furan rings is 2. The van der Waals surface area contributed by atoms with Gasteiger partial charge in [-0.2, -0.15) is 0 Å². The van der Waals surface area contributed by atoms with Gasteiger partial charge >= 0.3 is 0 Å². The Morgan fingerprint density at radius 2 is 0.879 bits per heavy atom. The van der Waals surface area contributed by atoms with Gasteiger partial charge in [0.2, 0.25) is 0 Å². The van der Waals surface area contributed by atoms with Crippen LogP contribution in [-0.2, 0) is 5.41 Å². The smallest absolute Gasteiger partial charge is 0.159 e. The predicted molar refractivity (Wildman–Crippen MR) is 238 cm³/mol.